The minimum absolute atomic E-state index is 0.0790. The van der Waals surface area contributed by atoms with Gasteiger partial charge in [0, 0.05) is 25.6 Å². The molecule has 28 heavy (non-hydrogen) atoms. The summed E-state index contributed by atoms with van der Waals surface area (Å²) in [6, 6.07) is 3.88. The first-order valence-electron chi connectivity index (χ1n) is 9.00. The maximum atomic E-state index is 14.4. The molecule has 1 N–H and O–H groups in total. The summed E-state index contributed by atoms with van der Waals surface area (Å²) >= 11 is 1.17. The molecule has 1 amide bonds. The number of benzene rings is 1. The number of likely N-dealkylation sites (N-methyl/N-ethyl adjacent to an activating group) is 1. The van der Waals surface area contributed by atoms with E-state index in [4.69, 9.17) is 0 Å². The smallest absolute Gasteiger partial charge is 0.246 e. The summed E-state index contributed by atoms with van der Waals surface area (Å²) in [5.41, 5.74) is 2.39. The van der Waals surface area contributed by atoms with E-state index in [0.717, 1.165) is 22.3 Å². The molecule has 2 aliphatic carbocycles. The quantitative estimate of drug-likeness (QED) is 0.727. The SMILES string of the molecule is Cc1cc2nsnc2cc1Nc1ncc2c(n1)N(C13CC1(F)C3)CC(=O)N2C. The van der Waals surface area contributed by atoms with Gasteiger partial charge in [-0.05, 0) is 24.6 Å². The molecule has 8 nitrogen and oxygen atoms in total. The molecule has 0 spiro atoms. The van der Waals surface area contributed by atoms with Crippen LogP contribution in [0.3, 0.4) is 0 Å². The van der Waals surface area contributed by atoms with Gasteiger partial charge in [0.15, 0.2) is 5.82 Å². The lowest BCUT2D eigenvalue weighted by Crippen LogP contribution is -2.47. The fourth-order valence-electron chi connectivity index (χ4n) is 4.08. The summed E-state index contributed by atoms with van der Waals surface area (Å²) in [6.07, 6.45) is 2.56. The molecule has 0 bridgehead atoms. The van der Waals surface area contributed by atoms with E-state index in [2.05, 4.69) is 24.0 Å². The normalized spacial score (nSPS) is 27.6. The molecule has 0 unspecified atom stereocenters. The molecular formula is C18H16FN7OS. The summed E-state index contributed by atoms with van der Waals surface area (Å²) in [5, 5.41) is 3.24. The zero-order chi connectivity index (χ0) is 19.3. The number of halogens is 1. The standard InChI is InChI=1S/C18H16FN7OS/c1-9-3-11-12(24-28-23-11)4-10(9)21-16-20-5-13-15(22-16)26(6-14(27)25(13)2)18-7-17(18,19)8-18/h3-5H,6-8H2,1-2H3,(H,20,21,22). The summed E-state index contributed by atoms with van der Waals surface area (Å²) < 4.78 is 22.9. The lowest BCUT2D eigenvalue weighted by molar-refractivity contribution is -0.117. The predicted octanol–water partition coefficient (Wildman–Crippen LogP) is 2.57. The number of carbonyl (C=O) groups excluding carboxylic acids is 1. The molecule has 3 aliphatic rings. The summed E-state index contributed by atoms with van der Waals surface area (Å²) in [7, 11) is 1.70. The number of fused-ring (bicyclic) bond motifs is 3. The van der Waals surface area contributed by atoms with Gasteiger partial charge in [-0.25, -0.2) is 9.37 Å². The van der Waals surface area contributed by atoms with E-state index in [0.29, 0.717) is 30.3 Å². The number of carbonyl (C=O) groups is 1. The van der Waals surface area contributed by atoms with Gasteiger partial charge in [0.05, 0.1) is 30.0 Å². The number of nitrogens with zero attached hydrogens (tertiary/aromatic N) is 6. The number of alkyl halides is 1. The third-order valence-electron chi connectivity index (χ3n) is 6.13. The van der Waals surface area contributed by atoms with E-state index in [-0.39, 0.29) is 12.5 Å². The van der Waals surface area contributed by atoms with Crippen LogP contribution in [0.5, 0.6) is 0 Å². The highest BCUT2D eigenvalue weighted by molar-refractivity contribution is 7.00. The summed E-state index contributed by atoms with van der Waals surface area (Å²) in [6.45, 7) is 2.12. The second-order valence-corrected chi connectivity index (χ2v) is 8.37. The van der Waals surface area contributed by atoms with Crippen molar-refractivity contribution in [2.75, 3.05) is 28.7 Å². The Labute approximate surface area is 163 Å². The van der Waals surface area contributed by atoms with Crippen LogP contribution >= 0.6 is 11.7 Å². The largest absolute Gasteiger partial charge is 0.336 e. The number of hydrogen-bond donors (Lipinski definition) is 1. The molecule has 142 valence electrons. The molecular weight excluding hydrogens is 381 g/mol. The molecule has 0 radical (unpaired) electrons. The van der Waals surface area contributed by atoms with Crippen molar-refractivity contribution in [1.82, 2.24) is 18.7 Å². The lowest BCUT2D eigenvalue weighted by Gasteiger charge is -2.35. The fourth-order valence-corrected chi connectivity index (χ4v) is 4.59. The van der Waals surface area contributed by atoms with Crippen LogP contribution in [0.25, 0.3) is 11.0 Å². The second kappa shape index (κ2) is 4.93. The predicted molar refractivity (Wildman–Crippen MR) is 104 cm³/mol. The van der Waals surface area contributed by atoms with Crippen LogP contribution in [0.2, 0.25) is 0 Å². The van der Waals surface area contributed by atoms with Crippen LogP contribution in [0.4, 0.5) is 27.5 Å². The third kappa shape index (κ3) is 2.00. The number of anilines is 4. The molecule has 6 rings (SSSR count). The van der Waals surface area contributed by atoms with E-state index < -0.39 is 11.2 Å². The average Bonchev–Trinajstić information content (AvgIpc) is 3.33. The fraction of sp³-hybridized carbons (Fsp3) is 0.389. The Hall–Kier alpha value is -2.88. The Morgan fingerprint density at radius 1 is 1.25 bits per heavy atom. The Kier molecular flexibility index (Phi) is 2.84. The van der Waals surface area contributed by atoms with Gasteiger partial charge < -0.3 is 15.1 Å². The van der Waals surface area contributed by atoms with Crippen molar-refractivity contribution in [2.45, 2.75) is 31.0 Å². The maximum Gasteiger partial charge on any atom is 0.246 e. The lowest BCUT2D eigenvalue weighted by atomic mass is 10.2. The molecule has 1 aliphatic heterocycles. The Morgan fingerprint density at radius 2 is 1.96 bits per heavy atom. The highest BCUT2D eigenvalue weighted by atomic mass is 32.1. The van der Waals surface area contributed by atoms with Crippen LogP contribution in [-0.2, 0) is 4.79 Å². The van der Waals surface area contributed by atoms with E-state index in [1.807, 2.05) is 24.0 Å². The Bertz CT molecular complexity index is 1170. The van der Waals surface area contributed by atoms with Crippen LogP contribution in [0.15, 0.2) is 18.3 Å². The highest BCUT2D eigenvalue weighted by Gasteiger charge is 2.89. The molecule has 3 aromatic rings. The first-order chi connectivity index (χ1) is 13.4. The number of rotatable bonds is 3. The molecule has 2 aromatic heterocycles. The summed E-state index contributed by atoms with van der Waals surface area (Å²) in [5.74, 6) is 0.926. The van der Waals surface area contributed by atoms with Crippen LogP contribution in [0, 0.1) is 6.92 Å². The van der Waals surface area contributed by atoms with E-state index in [1.54, 1.807) is 13.2 Å². The number of aromatic nitrogens is 4. The summed E-state index contributed by atoms with van der Waals surface area (Å²) in [4.78, 5) is 24.8. The van der Waals surface area contributed by atoms with Crippen molar-refractivity contribution >= 4 is 51.8 Å². The second-order valence-electron chi connectivity index (χ2n) is 7.84. The van der Waals surface area contributed by atoms with Crippen LogP contribution in [0.1, 0.15) is 18.4 Å². The van der Waals surface area contributed by atoms with E-state index in [9.17, 15) is 9.18 Å². The zero-order valence-corrected chi connectivity index (χ0v) is 16.0. The van der Waals surface area contributed by atoms with Gasteiger partial charge in [-0.1, -0.05) is 0 Å². The van der Waals surface area contributed by atoms with Gasteiger partial charge in [-0.3, -0.25) is 4.79 Å². The van der Waals surface area contributed by atoms with Crippen LogP contribution < -0.4 is 15.1 Å². The van der Waals surface area contributed by atoms with Crippen LogP contribution in [-0.4, -0.2) is 49.4 Å². The van der Waals surface area contributed by atoms with Crippen molar-refractivity contribution in [2.24, 2.45) is 0 Å². The molecule has 3 heterocycles. The molecule has 0 saturated heterocycles. The monoisotopic (exact) mass is 397 g/mol. The van der Waals surface area contributed by atoms with Gasteiger partial charge in [0.25, 0.3) is 0 Å². The van der Waals surface area contributed by atoms with Gasteiger partial charge in [0.2, 0.25) is 11.9 Å². The van der Waals surface area contributed by atoms with Crippen molar-refractivity contribution in [1.29, 1.82) is 0 Å². The molecule has 0 atom stereocenters. The van der Waals surface area contributed by atoms with Gasteiger partial charge in [0.1, 0.15) is 22.4 Å². The molecule has 10 heteroatoms. The average molecular weight is 397 g/mol. The Morgan fingerprint density at radius 3 is 2.68 bits per heavy atom. The first kappa shape index (κ1) is 16.1. The number of amides is 1. The van der Waals surface area contributed by atoms with Gasteiger partial charge >= 0.3 is 0 Å². The van der Waals surface area contributed by atoms with Crippen molar-refractivity contribution < 1.29 is 9.18 Å². The van der Waals surface area contributed by atoms with E-state index >= 15 is 0 Å². The zero-order valence-electron chi connectivity index (χ0n) is 15.2. The number of nitrogens with one attached hydrogen (secondary N) is 1. The van der Waals surface area contributed by atoms with E-state index in [1.165, 1.54) is 16.6 Å². The minimum Gasteiger partial charge on any atom is -0.336 e. The third-order valence-corrected chi connectivity index (χ3v) is 6.68. The maximum absolute atomic E-state index is 14.4. The van der Waals surface area contributed by atoms with Gasteiger partial charge in [-0.2, -0.15) is 13.7 Å². The van der Waals surface area contributed by atoms with Crippen molar-refractivity contribution in [3.63, 3.8) is 0 Å². The van der Waals surface area contributed by atoms with Gasteiger partial charge in [-0.15, -0.1) is 0 Å². The molecule has 2 saturated carbocycles. The highest BCUT2D eigenvalue weighted by Crippen LogP contribution is 2.77. The van der Waals surface area contributed by atoms with Crippen molar-refractivity contribution in [3.8, 4) is 0 Å². The number of hydrogen-bond acceptors (Lipinski definition) is 8. The Balaban J connectivity index is 1.40. The number of aryl methyl sites for hydroxylation is 1. The molecule has 2 fully saturated rings. The topological polar surface area (TPSA) is 87.1 Å². The van der Waals surface area contributed by atoms with Crippen molar-refractivity contribution in [3.05, 3.63) is 23.9 Å². The first-order valence-corrected chi connectivity index (χ1v) is 9.73. The molecule has 1 aromatic carbocycles. The minimum atomic E-state index is -1.15.